The van der Waals surface area contributed by atoms with Gasteiger partial charge >= 0.3 is 0 Å². The van der Waals surface area contributed by atoms with Crippen LogP contribution < -0.4 is 0 Å². The second-order valence-electron chi connectivity index (χ2n) is 8.07. The largest absolute Gasteiger partial charge is 0.395 e. The highest BCUT2D eigenvalue weighted by Gasteiger charge is 2.11. The van der Waals surface area contributed by atoms with Gasteiger partial charge in [0, 0.05) is 19.1 Å². The van der Waals surface area contributed by atoms with Gasteiger partial charge in [-0.3, -0.25) is 4.90 Å². The molecule has 0 aromatic heterocycles. The Morgan fingerprint density at radius 1 is 0.593 bits per heavy atom. The molecule has 0 aromatic carbocycles. The Morgan fingerprint density at radius 2 is 0.926 bits per heavy atom. The molecule has 0 aliphatic heterocycles. The number of nitrogens with zero attached hydrogens (tertiary/aromatic N) is 1. The molecule has 27 heavy (non-hydrogen) atoms. The summed E-state index contributed by atoms with van der Waals surface area (Å²) in [6.45, 7) is 6.23. The Hall–Kier alpha value is 0.170. The third-order valence-electron chi connectivity index (χ3n) is 5.62. The molecule has 0 spiro atoms. The van der Waals surface area contributed by atoms with Crippen LogP contribution in [0, 0.1) is 0 Å². The molecule has 0 heterocycles. The Bertz CT molecular complexity index is 261. The van der Waals surface area contributed by atoms with Gasteiger partial charge in [-0.15, -0.1) is 12.4 Å². The lowest BCUT2D eigenvalue weighted by Crippen LogP contribution is -2.37. The van der Waals surface area contributed by atoms with Gasteiger partial charge in [-0.05, 0) is 13.3 Å². The zero-order valence-electron chi connectivity index (χ0n) is 18.5. The van der Waals surface area contributed by atoms with Crippen molar-refractivity contribution in [1.29, 1.82) is 0 Å². The first-order valence-corrected chi connectivity index (χ1v) is 11.7. The smallest absolute Gasteiger partial charge is 0.0558 e. The summed E-state index contributed by atoms with van der Waals surface area (Å²) in [4.78, 5) is 2.20. The molecular weight excluding hydrogens is 358 g/mol. The fraction of sp³-hybridized carbons (Fsp3) is 1.00. The topological polar surface area (TPSA) is 43.7 Å². The highest BCUT2D eigenvalue weighted by Crippen LogP contribution is 2.15. The molecular formula is C23H50ClNO2. The van der Waals surface area contributed by atoms with E-state index in [1.54, 1.807) is 0 Å². The average Bonchev–Trinajstić information content (AvgIpc) is 2.64. The van der Waals surface area contributed by atoms with Crippen LogP contribution in [0.1, 0.15) is 117 Å². The van der Waals surface area contributed by atoms with Gasteiger partial charge in [-0.2, -0.15) is 0 Å². The predicted molar refractivity (Wildman–Crippen MR) is 122 cm³/mol. The molecule has 0 bridgehead atoms. The minimum atomic E-state index is 0. The zero-order chi connectivity index (χ0) is 19.3. The highest BCUT2D eigenvalue weighted by atomic mass is 35.5. The van der Waals surface area contributed by atoms with E-state index in [4.69, 9.17) is 10.2 Å². The number of rotatable bonds is 21. The van der Waals surface area contributed by atoms with E-state index in [9.17, 15) is 0 Å². The Morgan fingerprint density at radius 3 is 1.26 bits per heavy atom. The van der Waals surface area contributed by atoms with Crippen molar-refractivity contribution in [2.45, 2.75) is 123 Å². The van der Waals surface area contributed by atoms with E-state index in [1.807, 2.05) is 0 Å². The van der Waals surface area contributed by atoms with Crippen molar-refractivity contribution in [2.75, 3.05) is 26.3 Å². The molecule has 2 N–H and O–H groups in total. The lowest BCUT2D eigenvalue weighted by molar-refractivity contribution is 0.123. The lowest BCUT2D eigenvalue weighted by atomic mass is 10.0. The Kier molecular flexibility index (Phi) is 26.3. The van der Waals surface area contributed by atoms with Gasteiger partial charge in [0.1, 0.15) is 0 Å². The molecule has 0 aliphatic rings. The number of aliphatic hydroxyl groups excluding tert-OH is 2. The second-order valence-corrected chi connectivity index (χ2v) is 8.07. The lowest BCUT2D eigenvalue weighted by Gasteiger charge is -2.27. The van der Waals surface area contributed by atoms with E-state index in [0.29, 0.717) is 19.1 Å². The second kappa shape index (κ2) is 24.2. The van der Waals surface area contributed by atoms with Crippen LogP contribution in [-0.2, 0) is 0 Å². The van der Waals surface area contributed by atoms with Crippen LogP contribution in [0.2, 0.25) is 0 Å². The number of hydrogen-bond donors (Lipinski definition) is 2. The molecule has 0 saturated heterocycles. The molecule has 0 rings (SSSR count). The van der Waals surface area contributed by atoms with Crippen molar-refractivity contribution in [3.05, 3.63) is 0 Å². The van der Waals surface area contributed by atoms with E-state index < -0.39 is 0 Å². The molecule has 1 atom stereocenters. The molecule has 0 amide bonds. The van der Waals surface area contributed by atoms with Gasteiger partial charge in [0.2, 0.25) is 0 Å². The fourth-order valence-electron chi connectivity index (χ4n) is 3.80. The molecule has 1 unspecified atom stereocenters. The summed E-state index contributed by atoms with van der Waals surface area (Å²) in [5.41, 5.74) is 0. The van der Waals surface area contributed by atoms with Gasteiger partial charge in [-0.1, -0.05) is 103 Å². The first kappa shape index (κ1) is 29.4. The van der Waals surface area contributed by atoms with E-state index in [1.165, 1.54) is 103 Å². The summed E-state index contributed by atoms with van der Waals surface area (Å²) in [6, 6.07) is 0.469. The fourth-order valence-corrected chi connectivity index (χ4v) is 3.80. The van der Waals surface area contributed by atoms with Gasteiger partial charge in [0.05, 0.1) is 13.2 Å². The average molecular weight is 408 g/mol. The van der Waals surface area contributed by atoms with Crippen LogP contribution in [0.15, 0.2) is 0 Å². The van der Waals surface area contributed by atoms with Crippen molar-refractivity contribution in [3.8, 4) is 0 Å². The van der Waals surface area contributed by atoms with E-state index in [2.05, 4.69) is 18.7 Å². The maximum Gasteiger partial charge on any atom is 0.0558 e. The van der Waals surface area contributed by atoms with E-state index in [-0.39, 0.29) is 25.6 Å². The molecule has 0 aromatic rings. The molecule has 166 valence electrons. The minimum Gasteiger partial charge on any atom is -0.395 e. The third kappa shape index (κ3) is 20.7. The number of hydrogen-bond acceptors (Lipinski definition) is 3. The standard InChI is InChI=1S/C23H49NO2.ClH/c1-3-4-5-6-7-8-9-10-11-12-13-14-15-16-17-18-23(2)24(19-21-25)20-22-26;/h23,25-26H,3-22H2,1-2H3;1H. The van der Waals surface area contributed by atoms with Crippen LogP contribution in [0.5, 0.6) is 0 Å². The minimum absolute atomic E-state index is 0. The summed E-state index contributed by atoms with van der Waals surface area (Å²) >= 11 is 0. The SMILES string of the molecule is CCCCCCCCCCCCCCCCCC(C)N(CCO)CCO.Cl. The molecule has 4 heteroatoms. The first-order chi connectivity index (χ1) is 12.8. The summed E-state index contributed by atoms with van der Waals surface area (Å²) in [5, 5.41) is 18.2. The van der Waals surface area contributed by atoms with Crippen molar-refractivity contribution >= 4 is 12.4 Å². The summed E-state index contributed by atoms with van der Waals surface area (Å²) in [6.07, 6.45) is 22.2. The summed E-state index contributed by atoms with van der Waals surface area (Å²) in [5.74, 6) is 0. The maximum absolute atomic E-state index is 9.09. The van der Waals surface area contributed by atoms with Gasteiger partial charge < -0.3 is 10.2 Å². The van der Waals surface area contributed by atoms with Crippen LogP contribution in [-0.4, -0.2) is 47.5 Å². The van der Waals surface area contributed by atoms with Crippen LogP contribution in [0.3, 0.4) is 0 Å². The van der Waals surface area contributed by atoms with Gasteiger partial charge in [0.25, 0.3) is 0 Å². The van der Waals surface area contributed by atoms with Crippen molar-refractivity contribution in [1.82, 2.24) is 4.90 Å². The highest BCUT2D eigenvalue weighted by molar-refractivity contribution is 5.85. The van der Waals surface area contributed by atoms with E-state index in [0.717, 1.165) is 0 Å². The summed E-state index contributed by atoms with van der Waals surface area (Å²) in [7, 11) is 0. The summed E-state index contributed by atoms with van der Waals surface area (Å²) < 4.78 is 0. The van der Waals surface area contributed by atoms with Crippen molar-refractivity contribution in [2.24, 2.45) is 0 Å². The zero-order valence-corrected chi connectivity index (χ0v) is 19.3. The van der Waals surface area contributed by atoms with Gasteiger partial charge in [0.15, 0.2) is 0 Å². The third-order valence-corrected chi connectivity index (χ3v) is 5.62. The predicted octanol–water partition coefficient (Wildman–Crippen LogP) is 6.34. The van der Waals surface area contributed by atoms with Crippen molar-refractivity contribution in [3.63, 3.8) is 0 Å². The molecule has 0 fully saturated rings. The number of aliphatic hydroxyl groups is 2. The molecule has 0 saturated carbocycles. The first-order valence-electron chi connectivity index (χ1n) is 11.7. The number of unbranched alkanes of at least 4 members (excludes halogenated alkanes) is 14. The van der Waals surface area contributed by atoms with E-state index >= 15 is 0 Å². The van der Waals surface area contributed by atoms with Crippen molar-refractivity contribution < 1.29 is 10.2 Å². The number of halogens is 1. The quantitative estimate of drug-likeness (QED) is 0.218. The normalized spacial score (nSPS) is 12.3. The van der Waals surface area contributed by atoms with Crippen LogP contribution >= 0.6 is 12.4 Å². The Balaban J connectivity index is 0. The Labute approximate surface area is 176 Å². The molecule has 0 radical (unpaired) electrons. The van der Waals surface area contributed by atoms with Gasteiger partial charge in [-0.25, -0.2) is 0 Å². The molecule has 3 nitrogen and oxygen atoms in total. The molecule has 0 aliphatic carbocycles. The van der Waals surface area contributed by atoms with Crippen LogP contribution in [0.25, 0.3) is 0 Å². The van der Waals surface area contributed by atoms with Crippen LogP contribution in [0.4, 0.5) is 0 Å². The maximum atomic E-state index is 9.09. The monoisotopic (exact) mass is 407 g/mol.